The molecule has 0 atom stereocenters. The Morgan fingerprint density at radius 2 is 2.11 bits per heavy atom. The fourth-order valence-corrected chi connectivity index (χ4v) is 2.83. The lowest BCUT2D eigenvalue weighted by molar-refractivity contribution is -0.121. The maximum Gasteiger partial charge on any atom is 0.233 e. The first-order valence-corrected chi connectivity index (χ1v) is 7.17. The van der Waals surface area contributed by atoms with E-state index in [0.29, 0.717) is 11.4 Å². The Kier molecular flexibility index (Phi) is 6.93. The minimum Gasteiger partial charge on any atom is -0.398 e. The van der Waals surface area contributed by atoms with E-state index in [1.165, 1.54) is 0 Å². The topological polar surface area (TPSA) is 81.1 Å². The molecule has 4 nitrogen and oxygen atoms in total. The van der Waals surface area contributed by atoms with E-state index in [2.05, 4.69) is 5.43 Å². The lowest BCUT2D eigenvalue weighted by Crippen LogP contribution is -2.29. The van der Waals surface area contributed by atoms with Crippen LogP contribution in [0.2, 0.25) is 5.02 Å². The number of anilines is 1. The molecule has 0 unspecified atom stereocenters. The monoisotopic (exact) mass is 287 g/mol. The number of rotatable bonds is 7. The molecular weight excluding hydrogens is 270 g/mol. The summed E-state index contributed by atoms with van der Waals surface area (Å²) in [6.45, 7) is 0. The van der Waals surface area contributed by atoms with Crippen LogP contribution < -0.4 is 17.0 Å². The first kappa shape index (κ1) is 15.1. The summed E-state index contributed by atoms with van der Waals surface area (Å²) in [6.07, 6.45) is 3.34. The Morgan fingerprint density at radius 1 is 1.33 bits per heavy atom. The van der Waals surface area contributed by atoms with Crippen molar-refractivity contribution in [2.24, 2.45) is 5.84 Å². The number of hydrogen-bond acceptors (Lipinski definition) is 4. The van der Waals surface area contributed by atoms with Crippen molar-refractivity contribution >= 4 is 35.0 Å². The zero-order valence-corrected chi connectivity index (χ0v) is 11.7. The minimum absolute atomic E-state index is 0.113. The molecule has 1 amide bonds. The summed E-state index contributed by atoms with van der Waals surface area (Å²) in [4.78, 5) is 11.8. The number of carbonyl (C=O) groups excluding carboxylic acids is 1. The van der Waals surface area contributed by atoms with Crippen molar-refractivity contribution in [1.82, 2.24) is 5.43 Å². The third kappa shape index (κ3) is 5.16. The average molecular weight is 288 g/mol. The maximum absolute atomic E-state index is 10.9. The molecule has 0 aliphatic carbocycles. The van der Waals surface area contributed by atoms with Gasteiger partial charge >= 0.3 is 0 Å². The van der Waals surface area contributed by atoms with Crippen LogP contribution in [0.1, 0.15) is 25.7 Å². The lowest BCUT2D eigenvalue weighted by atomic mass is 10.2. The second-order valence-electron chi connectivity index (χ2n) is 3.88. The first-order chi connectivity index (χ1) is 8.65. The second kappa shape index (κ2) is 8.24. The molecule has 18 heavy (non-hydrogen) atoms. The Bertz CT molecular complexity index is 381. The molecule has 5 N–H and O–H groups in total. The average Bonchev–Trinajstić information content (AvgIpc) is 2.36. The Morgan fingerprint density at radius 3 is 2.78 bits per heavy atom. The zero-order valence-electron chi connectivity index (χ0n) is 10.1. The van der Waals surface area contributed by atoms with E-state index in [9.17, 15) is 4.79 Å². The van der Waals surface area contributed by atoms with Gasteiger partial charge in [-0.15, -0.1) is 11.8 Å². The van der Waals surface area contributed by atoms with Gasteiger partial charge in [0.15, 0.2) is 0 Å². The van der Waals surface area contributed by atoms with Gasteiger partial charge in [-0.2, -0.15) is 0 Å². The van der Waals surface area contributed by atoms with Crippen LogP contribution in [0, 0.1) is 0 Å². The van der Waals surface area contributed by atoms with Gasteiger partial charge in [0.1, 0.15) is 0 Å². The Hall–Kier alpha value is -0.910. The standard InChI is InChI=1S/C12H18ClN3OS/c13-9-5-4-6-10(14)12(9)18-8-3-1-2-7-11(17)16-15/h4-6H,1-3,7-8,14-15H2,(H,16,17). The van der Waals surface area contributed by atoms with Gasteiger partial charge in [-0.3, -0.25) is 10.2 Å². The minimum atomic E-state index is -0.113. The highest BCUT2D eigenvalue weighted by Crippen LogP contribution is 2.32. The fourth-order valence-electron chi connectivity index (χ4n) is 1.49. The number of hydrogen-bond donors (Lipinski definition) is 3. The summed E-state index contributed by atoms with van der Waals surface area (Å²) in [6, 6.07) is 5.53. The van der Waals surface area contributed by atoms with Crippen LogP contribution in [0.15, 0.2) is 23.1 Å². The molecule has 0 bridgehead atoms. The number of unbranched alkanes of at least 4 members (excludes halogenated alkanes) is 2. The van der Waals surface area contributed by atoms with E-state index in [0.717, 1.165) is 35.6 Å². The van der Waals surface area contributed by atoms with Gasteiger partial charge in [-0.25, -0.2) is 5.84 Å². The molecular formula is C12H18ClN3OS. The van der Waals surface area contributed by atoms with Gasteiger partial charge < -0.3 is 5.73 Å². The van der Waals surface area contributed by atoms with E-state index >= 15 is 0 Å². The Labute approximate surface area is 116 Å². The van der Waals surface area contributed by atoms with Crippen LogP contribution >= 0.6 is 23.4 Å². The van der Waals surface area contributed by atoms with Crippen LogP contribution in [-0.4, -0.2) is 11.7 Å². The SMILES string of the molecule is NNC(=O)CCCCCSc1c(N)cccc1Cl. The molecule has 0 saturated carbocycles. The predicted octanol–water partition coefficient (Wildman–Crippen LogP) is 2.56. The van der Waals surface area contributed by atoms with Gasteiger partial charge in [0.05, 0.1) is 5.02 Å². The summed E-state index contributed by atoms with van der Waals surface area (Å²) >= 11 is 7.72. The number of benzene rings is 1. The maximum atomic E-state index is 10.9. The number of amides is 1. The van der Waals surface area contributed by atoms with Crippen LogP contribution in [0.3, 0.4) is 0 Å². The van der Waals surface area contributed by atoms with Crippen molar-refractivity contribution in [2.45, 2.75) is 30.6 Å². The zero-order chi connectivity index (χ0) is 13.4. The van der Waals surface area contributed by atoms with Crippen molar-refractivity contribution in [2.75, 3.05) is 11.5 Å². The highest BCUT2D eigenvalue weighted by atomic mass is 35.5. The molecule has 100 valence electrons. The van der Waals surface area contributed by atoms with Gasteiger partial charge in [-0.1, -0.05) is 24.1 Å². The molecule has 0 aromatic heterocycles. The number of thioether (sulfide) groups is 1. The summed E-state index contributed by atoms with van der Waals surface area (Å²) in [5.74, 6) is 5.82. The Balaban J connectivity index is 2.20. The fraction of sp³-hybridized carbons (Fsp3) is 0.417. The second-order valence-corrected chi connectivity index (χ2v) is 5.40. The lowest BCUT2D eigenvalue weighted by Gasteiger charge is -2.07. The number of hydrazine groups is 1. The molecule has 1 rings (SSSR count). The van der Waals surface area contributed by atoms with Gasteiger partial charge in [0, 0.05) is 17.0 Å². The molecule has 0 aliphatic rings. The number of nitrogens with two attached hydrogens (primary N) is 2. The van der Waals surface area contributed by atoms with E-state index < -0.39 is 0 Å². The van der Waals surface area contributed by atoms with E-state index in [4.69, 9.17) is 23.2 Å². The van der Waals surface area contributed by atoms with E-state index in [1.54, 1.807) is 11.8 Å². The molecule has 0 aliphatic heterocycles. The third-order valence-electron chi connectivity index (χ3n) is 2.45. The van der Waals surface area contributed by atoms with Gasteiger partial charge in [-0.05, 0) is 30.7 Å². The quantitative estimate of drug-likeness (QED) is 0.180. The molecule has 0 heterocycles. The number of carbonyl (C=O) groups is 1. The number of nitrogens with one attached hydrogen (secondary N) is 1. The largest absolute Gasteiger partial charge is 0.398 e. The van der Waals surface area contributed by atoms with Crippen LogP contribution in [-0.2, 0) is 4.79 Å². The molecule has 1 aromatic rings. The van der Waals surface area contributed by atoms with Crippen LogP contribution in [0.4, 0.5) is 5.69 Å². The summed E-state index contributed by atoms with van der Waals surface area (Å²) in [7, 11) is 0. The summed E-state index contributed by atoms with van der Waals surface area (Å²) < 4.78 is 0. The smallest absolute Gasteiger partial charge is 0.233 e. The van der Waals surface area contributed by atoms with Crippen LogP contribution in [0.25, 0.3) is 0 Å². The molecule has 0 saturated heterocycles. The van der Waals surface area contributed by atoms with Crippen molar-refractivity contribution in [1.29, 1.82) is 0 Å². The highest BCUT2D eigenvalue weighted by Gasteiger charge is 2.04. The van der Waals surface area contributed by atoms with E-state index in [1.807, 2.05) is 18.2 Å². The summed E-state index contributed by atoms with van der Waals surface area (Å²) in [5.41, 5.74) is 8.68. The van der Waals surface area contributed by atoms with Gasteiger partial charge in [0.25, 0.3) is 0 Å². The number of halogens is 1. The molecule has 6 heteroatoms. The van der Waals surface area contributed by atoms with Crippen molar-refractivity contribution in [3.8, 4) is 0 Å². The third-order valence-corrected chi connectivity index (χ3v) is 4.12. The highest BCUT2D eigenvalue weighted by molar-refractivity contribution is 7.99. The van der Waals surface area contributed by atoms with E-state index in [-0.39, 0.29) is 5.91 Å². The van der Waals surface area contributed by atoms with Crippen LogP contribution in [0.5, 0.6) is 0 Å². The van der Waals surface area contributed by atoms with Gasteiger partial charge in [0.2, 0.25) is 5.91 Å². The first-order valence-electron chi connectivity index (χ1n) is 5.81. The molecule has 0 spiro atoms. The molecule has 0 fully saturated rings. The predicted molar refractivity (Wildman–Crippen MR) is 77.4 cm³/mol. The molecule has 1 aromatic carbocycles. The molecule has 0 radical (unpaired) electrons. The number of nitrogen functional groups attached to an aromatic ring is 1. The van der Waals surface area contributed by atoms with Crippen molar-refractivity contribution in [3.63, 3.8) is 0 Å². The van der Waals surface area contributed by atoms with Crippen molar-refractivity contribution in [3.05, 3.63) is 23.2 Å². The summed E-state index contributed by atoms with van der Waals surface area (Å²) in [5, 5.41) is 0.697. The van der Waals surface area contributed by atoms with Crippen molar-refractivity contribution < 1.29 is 4.79 Å². The normalized spacial score (nSPS) is 10.3.